The van der Waals surface area contributed by atoms with Crippen molar-refractivity contribution < 1.29 is 33.0 Å². The summed E-state index contributed by atoms with van der Waals surface area (Å²) in [6.07, 6.45) is 1.90. The molecule has 0 aromatic carbocycles. The zero-order chi connectivity index (χ0) is 22.1. The summed E-state index contributed by atoms with van der Waals surface area (Å²) in [5.41, 5.74) is -4.15. The van der Waals surface area contributed by atoms with Crippen molar-refractivity contribution in [3.05, 3.63) is 23.8 Å². The molecule has 0 radical (unpaired) electrons. The van der Waals surface area contributed by atoms with Gasteiger partial charge in [0.15, 0.2) is 17.2 Å². The van der Waals surface area contributed by atoms with Crippen LogP contribution in [0.1, 0.15) is 46.5 Å². The number of allylic oxidation sites excluding steroid dienone is 4. The van der Waals surface area contributed by atoms with Crippen LogP contribution in [0.2, 0.25) is 0 Å². The number of ketones is 2. The van der Waals surface area contributed by atoms with Crippen LogP contribution in [0.3, 0.4) is 0 Å². The number of ether oxygens (including phenoxy) is 1. The second kappa shape index (κ2) is 6.81. The highest BCUT2D eigenvalue weighted by Crippen LogP contribution is 2.69. The maximum absolute atomic E-state index is 16.8. The number of carbonyl (C=O) groups excluding carboxylic acids is 3. The molecular weight excluding hydrogens is 394 g/mol. The summed E-state index contributed by atoms with van der Waals surface area (Å²) >= 11 is 0. The van der Waals surface area contributed by atoms with Crippen molar-refractivity contribution in [2.45, 2.75) is 64.4 Å². The van der Waals surface area contributed by atoms with Gasteiger partial charge < -0.3 is 9.84 Å². The summed E-state index contributed by atoms with van der Waals surface area (Å²) in [6, 6.07) is 0. The molecule has 4 aliphatic rings. The predicted molar refractivity (Wildman–Crippen MR) is 104 cm³/mol. The van der Waals surface area contributed by atoms with E-state index in [0.29, 0.717) is 12.8 Å². The van der Waals surface area contributed by atoms with E-state index in [4.69, 9.17) is 4.74 Å². The number of carbonyl (C=O) groups is 3. The van der Waals surface area contributed by atoms with Gasteiger partial charge in [0.2, 0.25) is 0 Å². The number of esters is 1. The maximum atomic E-state index is 16.8. The SMILES string of the molecule is CC(=O)OCC(=O)[C@H]1CCC2C3C[C@H](F)C4=CC(=O)C=C[C@]4(C)[C@@]3(F)[C@@H](O)C[C@@]21C. The standard InChI is InChI=1S/C23H28F2O5/c1-12(26)30-11-19(28)15-5-4-14-16-9-18(24)17-8-13(27)6-7-22(17,3)23(16,25)20(29)10-21(14,15)2/h6-8,14-16,18,20,29H,4-5,9-11H2,1-3H3/t14?,15-,16?,18+,20+,21+,22+,23+/m1/s1. The molecule has 0 heterocycles. The number of aliphatic hydroxyl groups excluding tert-OH is 1. The minimum absolute atomic E-state index is 0.0583. The lowest BCUT2D eigenvalue weighted by atomic mass is 9.45. The second-order valence-corrected chi connectivity index (χ2v) is 9.82. The van der Waals surface area contributed by atoms with E-state index >= 15 is 8.78 Å². The summed E-state index contributed by atoms with van der Waals surface area (Å²) in [6.45, 7) is 4.31. The largest absolute Gasteiger partial charge is 0.458 e. The number of rotatable bonds is 3. The first kappa shape index (κ1) is 21.3. The molecule has 2 unspecified atom stereocenters. The van der Waals surface area contributed by atoms with Crippen molar-refractivity contribution in [1.29, 1.82) is 0 Å². The van der Waals surface area contributed by atoms with E-state index in [1.165, 1.54) is 25.2 Å². The Kier molecular flexibility index (Phi) is 4.84. The monoisotopic (exact) mass is 422 g/mol. The van der Waals surface area contributed by atoms with Gasteiger partial charge in [0, 0.05) is 24.2 Å². The summed E-state index contributed by atoms with van der Waals surface area (Å²) in [4.78, 5) is 35.7. The molecule has 3 fully saturated rings. The fraction of sp³-hybridized carbons (Fsp3) is 0.696. The highest BCUT2D eigenvalue weighted by Gasteiger charge is 2.72. The Morgan fingerprint density at radius 3 is 2.63 bits per heavy atom. The van der Waals surface area contributed by atoms with E-state index in [1.54, 1.807) is 6.92 Å². The molecule has 164 valence electrons. The maximum Gasteiger partial charge on any atom is 0.303 e. The van der Waals surface area contributed by atoms with Crippen molar-refractivity contribution in [3.8, 4) is 0 Å². The number of alkyl halides is 2. The quantitative estimate of drug-likeness (QED) is 0.707. The molecule has 8 atom stereocenters. The van der Waals surface area contributed by atoms with Crippen molar-refractivity contribution in [1.82, 2.24) is 0 Å². The Labute approximate surface area is 174 Å². The third kappa shape index (κ3) is 2.70. The van der Waals surface area contributed by atoms with E-state index in [-0.39, 0.29) is 42.5 Å². The molecule has 0 aromatic heterocycles. The van der Waals surface area contributed by atoms with Gasteiger partial charge in [0.05, 0.1) is 6.10 Å². The van der Waals surface area contributed by atoms with Gasteiger partial charge in [-0.2, -0.15) is 0 Å². The van der Waals surface area contributed by atoms with Gasteiger partial charge in [0.25, 0.3) is 0 Å². The topological polar surface area (TPSA) is 80.7 Å². The van der Waals surface area contributed by atoms with Crippen LogP contribution in [0.15, 0.2) is 23.8 Å². The van der Waals surface area contributed by atoms with Gasteiger partial charge >= 0.3 is 5.97 Å². The lowest BCUT2D eigenvalue weighted by molar-refractivity contribution is -0.202. The first-order valence-corrected chi connectivity index (χ1v) is 10.6. The molecule has 30 heavy (non-hydrogen) atoms. The molecule has 0 saturated heterocycles. The molecule has 1 N–H and O–H groups in total. The second-order valence-electron chi connectivity index (χ2n) is 9.82. The van der Waals surface area contributed by atoms with Gasteiger partial charge in [-0.1, -0.05) is 13.0 Å². The van der Waals surface area contributed by atoms with Crippen molar-refractivity contribution in [2.24, 2.45) is 28.6 Å². The van der Waals surface area contributed by atoms with Crippen LogP contribution in [0, 0.1) is 28.6 Å². The summed E-state index contributed by atoms with van der Waals surface area (Å²) in [5, 5.41) is 11.1. The first-order valence-electron chi connectivity index (χ1n) is 10.6. The molecule has 0 aliphatic heterocycles. The van der Waals surface area contributed by atoms with Crippen LogP contribution in [0.5, 0.6) is 0 Å². The van der Waals surface area contributed by atoms with Crippen molar-refractivity contribution in [2.75, 3.05) is 6.61 Å². The highest BCUT2D eigenvalue weighted by molar-refractivity contribution is 6.01. The Balaban J connectivity index is 1.71. The molecule has 4 aliphatic carbocycles. The fourth-order valence-corrected chi connectivity index (χ4v) is 7.00. The number of hydrogen-bond acceptors (Lipinski definition) is 5. The van der Waals surface area contributed by atoms with E-state index in [0.717, 1.165) is 0 Å². The molecular formula is C23H28F2O5. The molecule has 0 aromatic rings. The fourth-order valence-electron chi connectivity index (χ4n) is 7.00. The Morgan fingerprint density at radius 2 is 1.97 bits per heavy atom. The van der Waals surface area contributed by atoms with Crippen LogP contribution in [0.4, 0.5) is 8.78 Å². The van der Waals surface area contributed by atoms with E-state index in [1.807, 2.05) is 6.92 Å². The Bertz CT molecular complexity index is 866. The number of hydrogen-bond donors (Lipinski definition) is 1. The summed E-state index contributed by atoms with van der Waals surface area (Å²) in [5.74, 6) is -2.72. The number of Topliss-reactive ketones (excluding diaryl/α,β-unsaturated/α-hetero) is 1. The van der Waals surface area contributed by atoms with Gasteiger partial charge in [-0.25, -0.2) is 8.78 Å². The molecule has 0 bridgehead atoms. The number of fused-ring (bicyclic) bond motifs is 5. The molecule has 4 rings (SSSR count). The van der Waals surface area contributed by atoms with E-state index in [9.17, 15) is 19.5 Å². The number of halogens is 2. The smallest absolute Gasteiger partial charge is 0.303 e. The van der Waals surface area contributed by atoms with Gasteiger partial charge in [-0.3, -0.25) is 14.4 Å². The van der Waals surface area contributed by atoms with Gasteiger partial charge in [0.1, 0.15) is 12.8 Å². The van der Waals surface area contributed by atoms with Crippen LogP contribution in [-0.4, -0.2) is 47.2 Å². The minimum atomic E-state index is -2.13. The van der Waals surface area contributed by atoms with Crippen LogP contribution in [0.25, 0.3) is 0 Å². The average molecular weight is 422 g/mol. The highest BCUT2D eigenvalue weighted by atomic mass is 19.1. The number of aliphatic hydroxyl groups is 1. The zero-order valence-corrected chi connectivity index (χ0v) is 17.5. The Hall–Kier alpha value is -1.89. The normalized spacial score (nSPS) is 47.1. The summed E-state index contributed by atoms with van der Waals surface area (Å²) in [7, 11) is 0. The Morgan fingerprint density at radius 1 is 1.27 bits per heavy atom. The first-order chi connectivity index (χ1) is 13.9. The van der Waals surface area contributed by atoms with Gasteiger partial charge in [-0.15, -0.1) is 0 Å². The van der Waals surface area contributed by atoms with Crippen LogP contribution in [-0.2, 0) is 19.1 Å². The van der Waals surface area contributed by atoms with Crippen molar-refractivity contribution in [3.63, 3.8) is 0 Å². The lowest BCUT2D eigenvalue weighted by Crippen LogP contribution is -2.68. The average Bonchev–Trinajstić information content (AvgIpc) is 3.00. The van der Waals surface area contributed by atoms with Gasteiger partial charge in [-0.05, 0) is 61.7 Å². The molecule has 0 spiro atoms. The zero-order valence-electron chi connectivity index (χ0n) is 17.5. The van der Waals surface area contributed by atoms with Crippen molar-refractivity contribution >= 4 is 17.5 Å². The van der Waals surface area contributed by atoms with E-state index in [2.05, 4.69) is 0 Å². The third-order valence-corrected chi connectivity index (χ3v) is 8.43. The minimum Gasteiger partial charge on any atom is -0.458 e. The molecule has 5 nitrogen and oxygen atoms in total. The van der Waals surface area contributed by atoms with E-state index < -0.39 is 46.6 Å². The molecule has 0 amide bonds. The molecule has 7 heteroatoms. The van der Waals surface area contributed by atoms with Crippen LogP contribution < -0.4 is 0 Å². The van der Waals surface area contributed by atoms with Crippen LogP contribution >= 0.6 is 0 Å². The summed E-state index contributed by atoms with van der Waals surface area (Å²) < 4.78 is 36.9. The lowest BCUT2D eigenvalue weighted by Gasteiger charge is -2.62. The third-order valence-electron chi connectivity index (χ3n) is 8.43. The predicted octanol–water partition coefficient (Wildman–Crippen LogP) is 3.05. The molecule has 3 saturated carbocycles.